The topological polar surface area (TPSA) is 79.7 Å². The Morgan fingerprint density at radius 2 is 2.00 bits per heavy atom. The summed E-state index contributed by atoms with van der Waals surface area (Å²) >= 11 is 1.86. The monoisotopic (exact) mass is 423 g/mol. The number of rotatable bonds is 3. The second kappa shape index (κ2) is 8.23. The van der Waals surface area contributed by atoms with Crippen molar-refractivity contribution in [3.8, 4) is 11.6 Å². The molecule has 2 atom stereocenters. The molecule has 0 spiro atoms. The second-order valence-electron chi connectivity index (χ2n) is 7.43. The predicted octanol–water partition coefficient (Wildman–Crippen LogP) is 2.97. The lowest BCUT2D eigenvalue weighted by atomic mass is 9.99. The first-order valence-corrected chi connectivity index (χ1v) is 11.1. The number of fused-ring (bicyclic) bond motifs is 1. The third-order valence-electron chi connectivity index (χ3n) is 5.57. The number of hydrogen-bond acceptors (Lipinski definition) is 8. The summed E-state index contributed by atoms with van der Waals surface area (Å²) in [6.07, 6.45) is 5.94. The van der Waals surface area contributed by atoms with Crippen LogP contribution >= 0.6 is 11.8 Å². The van der Waals surface area contributed by atoms with E-state index in [1.165, 1.54) is 0 Å². The van der Waals surface area contributed by atoms with E-state index in [1.807, 2.05) is 24.0 Å². The first kappa shape index (κ1) is 19.3. The molecule has 0 aromatic carbocycles. The number of nitrogens with zero attached hydrogens (tertiary/aromatic N) is 6. The number of pyridine rings is 1. The van der Waals surface area contributed by atoms with Gasteiger partial charge in [-0.15, -0.1) is 0 Å². The Bertz CT molecular complexity index is 1040. The van der Waals surface area contributed by atoms with E-state index in [-0.39, 0.29) is 11.3 Å². The molecule has 5 heterocycles. The Labute approximate surface area is 178 Å². The molecule has 0 aliphatic carbocycles. The van der Waals surface area contributed by atoms with Gasteiger partial charge in [0.1, 0.15) is 5.82 Å². The van der Waals surface area contributed by atoms with E-state index in [4.69, 9.17) is 4.98 Å². The zero-order chi connectivity index (χ0) is 20.5. The molecule has 0 bridgehead atoms. The smallest absolute Gasteiger partial charge is 0.215 e. The van der Waals surface area contributed by atoms with Crippen LogP contribution in [0.3, 0.4) is 0 Å². The molecule has 2 aliphatic rings. The van der Waals surface area contributed by atoms with Gasteiger partial charge in [0, 0.05) is 61.2 Å². The SMILES string of the molecule is CC1c2cnc(-c3ncccn3)nc2CCN1c1cc(C2CNCCS2)cc(F)n1. The standard InChI is InChI=1S/C21H22FN7S/c1-13-15-11-26-21(20-24-4-2-5-25-20)27-16(15)3-7-29(13)19-10-14(9-18(22)28-19)17-12-23-6-8-30-17/h2,4-5,9-11,13,17,23H,3,6-8,12H2,1H3. The van der Waals surface area contributed by atoms with Crippen LogP contribution in [0.5, 0.6) is 0 Å². The first-order chi connectivity index (χ1) is 14.7. The zero-order valence-electron chi connectivity index (χ0n) is 16.6. The van der Waals surface area contributed by atoms with Crippen molar-refractivity contribution in [1.82, 2.24) is 30.2 Å². The molecule has 154 valence electrons. The van der Waals surface area contributed by atoms with E-state index in [9.17, 15) is 4.39 Å². The quantitative estimate of drug-likeness (QED) is 0.644. The van der Waals surface area contributed by atoms with Crippen molar-refractivity contribution in [3.05, 3.63) is 59.6 Å². The molecule has 1 N–H and O–H groups in total. The van der Waals surface area contributed by atoms with Gasteiger partial charge in [-0.3, -0.25) is 0 Å². The molecule has 2 aliphatic heterocycles. The van der Waals surface area contributed by atoms with E-state index in [0.717, 1.165) is 42.1 Å². The Morgan fingerprint density at radius 1 is 1.13 bits per heavy atom. The highest BCUT2D eigenvalue weighted by Crippen LogP contribution is 2.36. The molecule has 0 saturated carbocycles. The van der Waals surface area contributed by atoms with E-state index < -0.39 is 5.95 Å². The summed E-state index contributed by atoms with van der Waals surface area (Å²) < 4.78 is 14.4. The second-order valence-corrected chi connectivity index (χ2v) is 8.74. The summed E-state index contributed by atoms with van der Waals surface area (Å²) in [5.41, 5.74) is 3.00. The molecule has 5 rings (SSSR count). The van der Waals surface area contributed by atoms with E-state index in [2.05, 4.69) is 37.1 Å². The molecule has 3 aromatic rings. The van der Waals surface area contributed by atoms with Gasteiger partial charge in [-0.1, -0.05) is 0 Å². The summed E-state index contributed by atoms with van der Waals surface area (Å²) in [5, 5.41) is 3.64. The van der Waals surface area contributed by atoms with Crippen LogP contribution in [0.1, 0.15) is 35.0 Å². The largest absolute Gasteiger partial charge is 0.349 e. The minimum atomic E-state index is -0.431. The summed E-state index contributed by atoms with van der Waals surface area (Å²) in [6, 6.07) is 5.36. The van der Waals surface area contributed by atoms with Gasteiger partial charge in [0.05, 0.1) is 11.7 Å². The average molecular weight is 424 g/mol. The molecule has 9 heteroatoms. The summed E-state index contributed by atoms with van der Waals surface area (Å²) in [5.74, 6) is 2.32. The van der Waals surface area contributed by atoms with Crippen molar-refractivity contribution >= 4 is 17.6 Å². The highest BCUT2D eigenvalue weighted by atomic mass is 32.2. The van der Waals surface area contributed by atoms with Gasteiger partial charge in [0.2, 0.25) is 5.95 Å². The van der Waals surface area contributed by atoms with Gasteiger partial charge < -0.3 is 10.2 Å². The van der Waals surface area contributed by atoms with Crippen LogP contribution in [-0.4, -0.2) is 50.3 Å². The molecule has 2 unspecified atom stereocenters. The number of halogens is 1. The third kappa shape index (κ3) is 3.75. The highest BCUT2D eigenvalue weighted by Gasteiger charge is 2.28. The molecule has 1 saturated heterocycles. The van der Waals surface area contributed by atoms with Crippen LogP contribution in [0.15, 0.2) is 36.8 Å². The molecule has 0 radical (unpaired) electrons. The zero-order valence-corrected chi connectivity index (χ0v) is 17.4. The van der Waals surface area contributed by atoms with Crippen LogP contribution in [-0.2, 0) is 6.42 Å². The fourth-order valence-corrected chi connectivity index (χ4v) is 5.12. The van der Waals surface area contributed by atoms with E-state index in [1.54, 1.807) is 24.5 Å². The maximum atomic E-state index is 14.4. The normalized spacial score (nSPS) is 21.3. The van der Waals surface area contributed by atoms with Crippen molar-refractivity contribution in [3.63, 3.8) is 0 Å². The molecule has 30 heavy (non-hydrogen) atoms. The Morgan fingerprint density at radius 3 is 2.80 bits per heavy atom. The minimum Gasteiger partial charge on any atom is -0.349 e. The lowest BCUT2D eigenvalue weighted by molar-refractivity contribution is 0.559. The van der Waals surface area contributed by atoms with Gasteiger partial charge in [0.15, 0.2) is 11.6 Å². The summed E-state index contributed by atoms with van der Waals surface area (Å²) in [6.45, 7) is 4.65. The van der Waals surface area contributed by atoms with Crippen LogP contribution in [0.25, 0.3) is 11.6 Å². The lowest BCUT2D eigenvalue weighted by Crippen LogP contribution is -2.35. The minimum absolute atomic E-state index is 0.00113. The van der Waals surface area contributed by atoms with E-state index in [0.29, 0.717) is 24.0 Å². The average Bonchev–Trinajstić information content (AvgIpc) is 2.80. The van der Waals surface area contributed by atoms with Gasteiger partial charge in [-0.05, 0) is 30.7 Å². The lowest BCUT2D eigenvalue weighted by Gasteiger charge is -2.36. The number of anilines is 1. The predicted molar refractivity (Wildman–Crippen MR) is 115 cm³/mol. The molecule has 3 aromatic heterocycles. The van der Waals surface area contributed by atoms with Gasteiger partial charge in [0.25, 0.3) is 0 Å². The van der Waals surface area contributed by atoms with Crippen LogP contribution in [0, 0.1) is 5.95 Å². The van der Waals surface area contributed by atoms with Crippen molar-refractivity contribution < 1.29 is 4.39 Å². The third-order valence-corrected chi connectivity index (χ3v) is 6.85. The van der Waals surface area contributed by atoms with Crippen molar-refractivity contribution in [2.45, 2.75) is 24.6 Å². The van der Waals surface area contributed by atoms with Crippen LogP contribution < -0.4 is 10.2 Å². The van der Waals surface area contributed by atoms with Crippen molar-refractivity contribution in [2.24, 2.45) is 0 Å². The fourth-order valence-electron chi connectivity index (χ4n) is 4.01. The van der Waals surface area contributed by atoms with Gasteiger partial charge in [-0.25, -0.2) is 24.9 Å². The maximum Gasteiger partial charge on any atom is 0.215 e. The summed E-state index contributed by atoms with van der Waals surface area (Å²) in [4.78, 5) is 24.0. The molecular weight excluding hydrogens is 401 g/mol. The summed E-state index contributed by atoms with van der Waals surface area (Å²) in [7, 11) is 0. The Hall–Kier alpha value is -2.65. The van der Waals surface area contributed by atoms with E-state index >= 15 is 0 Å². The molecule has 0 amide bonds. The van der Waals surface area contributed by atoms with Crippen LogP contribution in [0.2, 0.25) is 0 Å². The number of hydrogen-bond donors (Lipinski definition) is 1. The number of aromatic nitrogens is 5. The Balaban J connectivity index is 1.43. The molecule has 7 nitrogen and oxygen atoms in total. The Kier molecular flexibility index (Phi) is 5.30. The number of nitrogens with one attached hydrogen (secondary N) is 1. The van der Waals surface area contributed by atoms with Gasteiger partial charge >= 0.3 is 0 Å². The highest BCUT2D eigenvalue weighted by molar-refractivity contribution is 7.99. The molecule has 1 fully saturated rings. The number of thioether (sulfide) groups is 1. The molecular formula is C21H22FN7S. The fraction of sp³-hybridized carbons (Fsp3) is 0.381. The maximum absolute atomic E-state index is 14.4. The van der Waals surface area contributed by atoms with Gasteiger partial charge in [-0.2, -0.15) is 16.2 Å². The van der Waals surface area contributed by atoms with Crippen molar-refractivity contribution in [2.75, 3.05) is 30.3 Å². The van der Waals surface area contributed by atoms with Crippen LogP contribution in [0.4, 0.5) is 10.2 Å². The first-order valence-electron chi connectivity index (χ1n) is 10.1. The van der Waals surface area contributed by atoms with Crippen molar-refractivity contribution in [1.29, 1.82) is 0 Å².